The number of carbonyl (C=O) groups excluding carboxylic acids is 1. The Kier molecular flexibility index (Phi) is 5.16. The van der Waals surface area contributed by atoms with Gasteiger partial charge in [-0.3, -0.25) is 9.36 Å². The summed E-state index contributed by atoms with van der Waals surface area (Å²) in [5.74, 6) is 0.990. The third-order valence-electron chi connectivity index (χ3n) is 5.94. The lowest BCUT2D eigenvalue weighted by Crippen LogP contribution is -2.45. The fourth-order valence-corrected chi connectivity index (χ4v) is 4.47. The molecule has 156 valence electrons. The van der Waals surface area contributed by atoms with Gasteiger partial charge in [0.05, 0.1) is 11.0 Å². The molecule has 2 heterocycles. The summed E-state index contributed by atoms with van der Waals surface area (Å²) in [4.78, 5) is 20.0. The van der Waals surface area contributed by atoms with Gasteiger partial charge in [-0.05, 0) is 62.2 Å². The number of imidazole rings is 1. The number of carbonyl (C=O) groups is 1. The topological polar surface area (TPSA) is 50.2 Å². The summed E-state index contributed by atoms with van der Waals surface area (Å²) in [5, 5.41) is 3.57. The fourth-order valence-electron chi connectivity index (χ4n) is 4.47. The Bertz CT molecular complexity index is 1200. The quantitative estimate of drug-likeness (QED) is 0.512. The first kappa shape index (κ1) is 19.4. The molecule has 1 amide bonds. The number of amides is 1. The van der Waals surface area contributed by atoms with Gasteiger partial charge in [-0.2, -0.15) is 0 Å². The molecule has 0 bridgehead atoms. The molecule has 0 unspecified atom stereocenters. The van der Waals surface area contributed by atoms with Crippen LogP contribution in [-0.2, 0) is 0 Å². The molecular formula is C26H26N4O. The number of aromatic nitrogens is 2. The number of rotatable bonds is 4. The molecule has 1 atom stereocenters. The number of hydrogen-bond acceptors (Lipinski definition) is 3. The Hall–Kier alpha value is -3.60. The summed E-state index contributed by atoms with van der Waals surface area (Å²) in [7, 11) is 0. The number of benzene rings is 3. The monoisotopic (exact) mass is 410 g/mol. The van der Waals surface area contributed by atoms with Gasteiger partial charge < -0.3 is 10.2 Å². The number of para-hydroxylation sites is 2. The van der Waals surface area contributed by atoms with Gasteiger partial charge in [0.2, 0.25) is 0 Å². The average molecular weight is 411 g/mol. The number of nitrogens with one attached hydrogen (secondary N) is 1. The van der Waals surface area contributed by atoms with Crippen molar-refractivity contribution in [2.75, 3.05) is 18.4 Å². The summed E-state index contributed by atoms with van der Waals surface area (Å²) >= 11 is 0. The Labute approximate surface area is 182 Å². The molecule has 0 saturated carbocycles. The molecule has 1 saturated heterocycles. The minimum absolute atomic E-state index is 0.0772. The van der Waals surface area contributed by atoms with Crippen LogP contribution in [0.25, 0.3) is 16.7 Å². The second kappa shape index (κ2) is 8.26. The van der Waals surface area contributed by atoms with E-state index in [0.717, 1.165) is 47.6 Å². The van der Waals surface area contributed by atoms with Crippen LogP contribution in [0.15, 0.2) is 78.9 Å². The first-order valence-electron chi connectivity index (χ1n) is 10.8. The minimum Gasteiger partial charge on any atom is -0.381 e. The number of piperidine rings is 1. The van der Waals surface area contributed by atoms with Gasteiger partial charge in [-0.15, -0.1) is 0 Å². The van der Waals surface area contributed by atoms with E-state index >= 15 is 0 Å². The van der Waals surface area contributed by atoms with Crippen molar-refractivity contribution in [2.45, 2.75) is 25.8 Å². The van der Waals surface area contributed by atoms with Crippen LogP contribution in [0.3, 0.4) is 0 Å². The molecule has 4 aromatic rings. The number of likely N-dealkylation sites (tertiary alicyclic amines) is 1. The summed E-state index contributed by atoms with van der Waals surface area (Å²) in [6.07, 6.45) is 2.07. The zero-order chi connectivity index (χ0) is 21.2. The molecule has 31 heavy (non-hydrogen) atoms. The van der Waals surface area contributed by atoms with Crippen molar-refractivity contribution in [3.05, 3.63) is 90.3 Å². The molecule has 5 heteroatoms. The zero-order valence-electron chi connectivity index (χ0n) is 17.7. The van der Waals surface area contributed by atoms with Crippen LogP contribution >= 0.6 is 0 Å². The van der Waals surface area contributed by atoms with E-state index in [4.69, 9.17) is 4.98 Å². The number of fused-ring (bicyclic) bond motifs is 1. The maximum absolute atomic E-state index is 13.3. The molecule has 0 radical (unpaired) electrons. The molecule has 0 aliphatic carbocycles. The molecule has 5 nitrogen and oxygen atoms in total. The molecule has 0 spiro atoms. The van der Waals surface area contributed by atoms with E-state index in [1.807, 2.05) is 66.4 Å². The molecule has 1 aliphatic heterocycles. The first-order chi connectivity index (χ1) is 15.2. The molecular weight excluding hydrogens is 384 g/mol. The van der Waals surface area contributed by atoms with Gasteiger partial charge in [0.1, 0.15) is 5.82 Å². The largest absolute Gasteiger partial charge is 0.381 e. The molecule has 1 fully saturated rings. The Balaban J connectivity index is 1.37. The van der Waals surface area contributed by atoms with Gasteiger partial charge in [0.15, 0.2) is 0 Å². The first-order valence-corrected chi connectivity index (χ1v) is 10.8. The zero-order valence-corrected chi connectivity index (χ0v) is 17.7. The average Bonchev–Trinajstić information content (AvgIpc) is 3.15. The molecule has 3 aromatic carbocycles. The summed E-state index contributed by atoms with van der Waals surface area (Å²) in [6.45, 7) is 3.50. The van der Waals surface area contributed by atoms with Crippen molar-refractivity contribution in [1.82, 2.24) is 14.5 Å². The normalized spacial score (nSPS) is 16.4. The lowest BCUT2D eigenvalue weighted by molar-refractivity contribution is 0.0715. The van der Waals surface area contributed by atoms with E-state index in [0.29, 0.717) is 12.1 Å². The smallest absolute Gasteiger partial charge is 0.254 e. The standard InChI is InChI=1S/C26H26N4O/c1-19-27-24-17-20(14-15-25(24)30(19)23-12-6-3-7-13-23)26(31)29-16-8-11-22(18-29)28-21-9-4-2-5-10-21/h2-7,9-10,12-15,17,22,28H,8,11,16,18H2,1H3/t22-/m0/s1. The van der Waals surface area contributed by atoms with Crippen LogP contribution in [0.5, 0.6) is 0 Å². The van der Waals surface area contributed by atoms with Crippen LogP contribution < -0.4 is 5.32 Å². The van der Waals surface area contributed by atoms with E-state index in [-0.39, 0.29) is 11.9 Å². The van der Waals surface area contributed by atoms with Gasteiger partial charge in [-0.1, -0.05) is 36.4 Å². The highest BCUT2D eigenvalue weighted by molar-refractivity contribution is 5.97. The lowest BCUT2D eigenvalue weighted by atomic mass is 10.0. The second-order valence-electron chi connectivity index (χ2n) is 8.13. The molecule has 1 N–H and O–H groups in total. The van der Waals surface area contributed by atoms with Crippen molar-refractivity contribution in [1.29, 1.82) is 0 Å². The van der Waals surface area contributed by atoms with E-state index in [9.17, 15) is 4.79 Å². The third-order valence-corrected chi connectivity index (χ3v) is 5.94. The lowest BCUT2D eigenvalue weighted by Gasteiger charge is -2.33. The maximum Gasteiger partial charge on any atom is 0.254 e. The van der Waals surface area contributed by atoms with Crippen molar-refractivity contribution >= 4 is 22.6 Å². The summed E-state index contributed by atoms with van der Waals surface area (Å²) in [5.41, 5.74) is 4.74. The maximum atomic E-state index is 13.3. The SMILES string of the molecule is Cc1nc2cc(C(=O)N3CCC[C@H](Nc4ccccc4)C3)ccc2n1-c1ccccc1. The minimum atomic E-state index is 0.0772. The van der Waals surface area contributed by atoms with Gasteiger partial charge >= 0.3 is 0 Å². The van der Waals surface area contributed by atoms with Crippen molar-refractivity contribution in [3.8, 4) is 5.69 Å². The predicted octanol–water partition coefficient (Wildman–Crippen LogP) is 5.05. The number of hydrogen-bond donors (Lipinski definition) is 1. The highest BCUT2D eigenvalue weighted by Crippen LogP contribution is 2.24. The van der Waals surface area contributed by atoms with Crippen molar-refractivity contribution in [2.24, 2.45) is 0 Å². The van der Waals surface area contributed by atoms with Crippen LogP contribution in [0, 0.1) is 6.92 Å². The highest BCUT2D eigenvalue weighted by atomic mass is 16.2. The van der Waals surface area contributed by atoms with Gasteiger partial charge in [0, 0.05) is 36.1 Å². The molecule has 1 aromatic heterocycles. The van der Waals surface area contributed by atoms with E-state index in [1.54, 1.807) is 0 Å². The van der Waals surface area contributed by atoms with Crippen LogP contribution in [0.4, 0.5) is 5.69 Å². The number of nitrogens with zero attached hydrogens (tertiary/aromatic N) is 3. The Morgan fingerprint density at radius 1 is 1.00 bits per heavy atom. The Morgan fingerprint density at radius 3 is 2.52 bits per heavy atom. The van der Waals surface area contributed by atoms with E-state index in [1.165, 1.54) is 0 Å². The van der Waals surface area contributed by atoms with Crippen molar-refractivity contribution < 1.29 is 4.79 Å². The van der Waals surface area contributed by atoms with Crippen LogP contribution in [0.2, 0.25) is 0 Å². The van der Waals surface area contributed by atoms with Gasteiger partial charge in [-0.25, -0.2) is 4.98 Å². The second-order valence-corrected chi connectivity index (χ2v) is 8.13. The van der Waals surface area contributed by atoms with E-state index in [2.05, 4.69) is 34.1 Å². The molecule has 1 aliphatic rings. The summed E-state index contributed by atoms with van der Waals surface area (Å²) < 4.78 is 2.13. The highest BCUT2D eigenvalue weighted by Gasteiger charge is 2.25. The van der Waals surface area contributed by atoms with Crippen LogP contribution in [-0.4, -0.2) is 39.5 Å². The number of anilines is 1. The van der Waals surface area contributed by atoms with E-state index < -0.39 is 0 Å². The number of aryl methyl sites for hydroxylation is 1. The third kappa shape index (κ3) is 3.91. The summed E-state index contributed by atoms with van der Waals surface area (Å²) in [6, 6.07) is 26.5. The van der Waals surface area contributed by atoms with Crippen molar-refractivity contribution in [3.63, 3.8) is 0 Å². The predicted molar refractivity (Wildman–Crippen MR) is 125 cm³/mol. The van der Waals surface area contributed by atoms with Gasteiger partial charge in [0.25, 0.3) is 5.91 Å². The van der Waals surface area contributed by atoms with Crippen LogP contribution in [0.1, 0.15) is 29.0 Å². The fraction of sp³-hybridized carbons (Fsp3) is 0.231. The Morgan fingerprint density at radius 2 is 1.74 bits per heavy atom. The molecule has 5 rings (SSSR count).